The lowest BCUT2D eigenvalue weighted by molar-refractivity contribution is -0.122. The zero-order valence-electron chi connectivity index (χ0n) is 18.3. The van der Waals surface area contributed by atoms with Crippen LogP contribution in [0.25, 0.3) is 22.2 Å². The van der Waals surface area contributed by atoms with Crippen LogP contribution in [0.15, 0.2) is 60.7 Å². The number of benzene rings is 3. The Balaban J connectivity index is 1.61. The summed E-state index contributed by atoms with van der Waals surface area (Å²) in [5, 5.41) is 5.67. The lowest BCUT2D eigenvalue weighted by Crippen LogP contribution is -2.38. The molecule has 0 aliphatic carbocycles. The molecule has 0 saturated carbocycles. The Morgan fingerprint density at radius 2 is 1.68 bits per heavy atom. The van der Waals surface area contributed by atoms with E-state index in [1.807, 2.05) is 18.2 Å². The van der Waals surface area contributed by atoms with E-state index in [1.165, 1.54) is 24.3 Å². The van der Waals surface area contributed by atoms with Crippen LogP contribution in [0.1, 0.15) is 18.4 Å². The minimum atomic E-state index is -0.654. The molecule has 1 aromatic heterocycles. The first-order valence-electron chi connectivity index (χ1n) is 11.1. The molecule has 0 bridgehead atoms. The number of rotatable bonds is 5. The zero-order valence-corrected chi connectivity index (χ0v) is 18.3. The van der Waals surface area contributed by atoms with Crippen molar-refractivity contribution in [2.75, 3.05) is 18.0 Å². The van der Waals surface area contributed by atoms with Crippen LogP contribution in [-0.4, -0.2) is 28.8 Å². The smallest absolute Gasteiger partial charge is 0.220 e. The number of primary amides is 1. The molecular formula is C26H23F3N4O. The quantitative estimate of drug-likeness (QED) is 0.458. The highest BCUT2D eigenvalue weighted by Gasteiger charge is 2.26. The highest BCUT2D eigenvalue weighted by molar-refractivity contribution is 6.00. The minimum Gasteiger partial charge on any atom is -0.370 e. The SMILES string of the molecule is NC(=O)C1CCN(c2cccc3c(-c4ccc(F)cc4)n(Cc4ccc(F)cc4F)nc23)CC1. The van der Waals surface area contributed by atoms with Crippen molar-refractivity contribution < 1.29 is 18.0 Å². The number of hydrogen-bond donors (Lipinski definition) is 1. The third-order valence-electron chi connectivity index (χ3n) is 6.44. The van der Waals surface area contributed by atoms with Crippen molar-refractivity contribution in [2.45, 2.75) is 19.4 Å². The Bertz CT molecular complexity index is 1360. The Labute approximate surface area is 194 Å². The van der Waals surface area contributed by atoms with Crippen molar-refractivity contribution in [1.82, 2.24) is 9.78 Å². The van der Waals surface area contributed by atoms with E-state index in [9.17, 15) is 18.0 Å². The average Bonchev–Trinajstić information content (AvgIpc) is 3.19. The first kappa shape index (κ1) is 22.0. The summed E-state index contributed by atoms with van der Waals surface area (Å²) in [6, 6.07) is 15.4. The topological polar surface area (TPSA) is 64.2 Å². The van der Waals surface area contributed by atoms with Crippen molar-refractivity contribution in [3.63, 3.8) is 0 Å². The second-order valence-electron chi connectivity index (χ2n) is 8.59. The maximum absolute atomic E-state index is 14.5. The zero-order chi connectivity index (χ0) is 23.8. The summed E-state index contributed by atoms with van der Waals surface area (Å²) in [5.41, 5.74) is 8.85. The second-order valence-corrected chi connectivity index (χ2v) is 8.59. The molecule has 1 fully saturated rings. The summed E-state index contributed by atoms with van der Waals surface area (Å²) in [6.45, 7) is 1.41. The Hall–Kier alpha value is -3.81. The van der Waals surface area contributed by atoms with E-state index >= 15 is 0 Å². The summed E-state index contributed by atoms with van der Waals surface area (Å²) in [7, 11) is 0. The fraction of sp³-hybridized carbons (Fsp3) is 0.231. The van der Waals surface area contributed by atoms with Crippen molar-refractivity contribution in [3.05, 3.63) is 83.7 Å². The molecule has 3 aromatic carbocycles. The summed E-state index contributed by atoms with van der Waals surface area (Å²) in [4.78, 5) is 13.7. The first-order chi connectivity index (χ1) is 16.4. The van der Waals surface area contributed by atoms with Gasteiger partial charge in [0.15, 0.2) is 0 Å². The number of hydrogen-bond acceptors (Lipinski definition) is 3. The van der Waals surface area contributed by atoms with E-state index in [0.717, 1.165) is 28.2 Å². The minimum absolute atomic E-state index is 0.0801. The molecule has 5 rings (SSSR count). The number of amides is 1. The normalized spacial score (nSPS) is 14.6. The van der Waals surface area contributed by atoms with Crippen LogP contribution in [0.3, 0.4) is 0 Å². The van der Waals surface area contributed by atoms with Crippen molar-refractivity contribution in [2.24, 2.45) is 11.7 Å². The van der Waals surface area contributed by atoms with Gasteiger partial charge in [0.2, 0.25) is 5.91 Å². The molecule has 0 unspecified atom stereocenters. The standard InChI is InChI=1S/C26H23F3N4O/c27-19-7-4-16(5-8-19)25-21-2-1-3-23(32-12-10-17(11-13-32)26(30)34)24(21)31-33(25)15-18-6-9-20(28)14-22(18)29/h1-9,14,17H,10-13,15H2,(H2,30,34). The monoisotopic (exact) mass is 464 g/mol. The van der Waals surface area contributed by atoms with Crippen molar-refractivity contribution in [1.29, 1.82) is 0 Å². The number of aromatic nitrogens is 2. The summed E-state index contributed by atoms with van der Waals surface area (Å²) in [5.74, 6) is -2.07. The average molecular weight is 464 g/mol. The molecule has 0 atom stereocenters. The fourth-order valence-electron chi connectivity index (χ4n) is 4.64. The summed E-state index contributed by atoms with van der Waals surface area (Å²) in [6.07, 6.45) is 1.33. The highest BCUT2D eigenvalue weighted by atomic mass is 19.1. The highest BCUT2D eigenvalue weighted by Crippen LogP contribution is 2.36. The van der Waals surface area contributed by atoms with Gasteiger partial charge in [-0.1, -0.05) is 18.2 Å². The van der Waals surface area contributed by atoms with Gasteiger partial charge in [-0.2, -0.15) is 5.10 Å². The molecule has 0 radical (unpaired) electrons. The second kappa shape index (κ2) is 8.85. The van der Waals surface area contributed by atoms with Gasteiger partial charge in [-0.05, 0) is 49.2 Å². The van der Waals surface area contributed by atoms with E-state index in [1.54, 1.807) is 16.8 Å². The van der Waals surface area contributed by atoms with E-state index in [-0.39, 0.29) is 24.2 Å². The summed E-state index contributed by atoms with van der Waals surface area (Å²) >= 11 is 0. The van der Waals surface area contributed by atoms with Crippen LogP contribution >= 0.6 is 0 Å². The number of anilines is 1. The first-order valence-corrected chi connectivity index (χ1v) is 11.1. The molecule has 34 heavy (non-hydrogen) atoms. The van der Waals surface area contributed by atoms with Crippen molar-refractivity contribution >= 4 is 22.5 Å². The maximum Gasteiger partial charge on any atom is 0.220 e. The van der Waals surface area contributed by atoms with Gasteiger partial charge in [0.05, 0.1) is 17.9 Å². The van der Waals surface area contributed by atoms with Crippen LogP contribution in [0.2, 0.25) is 0 Å². The van der Waals surface area contributed by atoms with Gasteiger partial charge in [0.1, 0.15) is 23.0 Å². The van der Waals surface area contributed by atoms with Crippen LogP contribution < -0.4 is 10.6 Å². The molecule has 5 nitrogen and oxygen atoms in total. The van der Waals surface area contributed by atoms with Crippen molar-refractivity contribution in [3.8, 4) is 11.3 Å². The van der Waals surface area contributed by atoms with Crippen LogP contribution in [0, 0.1) is 23.4 Å². The Kier molecular flexibility index (Phi) is 5.73. The van der Waals surface area contributed by atoms with Gasteiger partial charge in [-0.3, -0.25) is 9.48 Å². The van der Waals surface area contributed by atoms with E-state index in [2.05, 4.69) is 4.90 Å². The maximum atomic E-state index is 14.5. The van der Waals surface area contributed by atoms with E-state index in [0.29, 0.717) is 37.2 Å². The molecule has 8 heteroatoms. The van der Waals surface area contributed by atoms with E-state index < -0.39 is 11.6 Å². The molecule has 1 aliphatic heterocycles. The number of nitrogens with two attached hydrogens (primary N) is 1. The number of halogens is 3. The van der Waals surface area contributed by atoms with Gasteiger partial charge >= 0.3 is 0 Å². The third kappa shape index (κ3) is 4.11. The van der Waals surface area contributed by atoms with Gasteiger partial charge in [-0.15, -0.1) is 0 Å². The van der Waals surface area contributed by atoms with Gasteiger partial charge in [-0.25, -0.2) is 13.2 Å². The van der Waals surface area contributed by atoms with Crippen LogP contribution in [0.5, 0.6) is 0 Å². The Morgan fingerprint density at radius 1 is 0.971 bits per heavy atom. The lowest BCUT2D eigenvalue weighted by atomic mass is 9.95. The predicted molar refractivity (Wildman–Crippen MR) is 125 cm³/mol. The van der Waals surface area contributed by atoms with Gasteiger partial charge in [0.25, 0.3) is 0 Å². The predicted octanol–water partition coefficient (Wildman–Crippen LogP) is 4.87. The largest absolute Gasteiger partial charge is 0.370 e. The molecule has 1 amide bonds. The number of nitrogens with zero attached hydrogens (tertiary/aromatic N) is 3. The number of piperidine rings is 1. The number of fused-ring (bicyclic) bond motifs is 1. The molecule has 174 valence electrons. The van der Waals surface area contributed by atoms with E-state index in [4.69, 9.17) is 10.8 Å². The molecule has 1 saturated heterocycles. The molecule has 2 heterocycles. The summed E-state index contributed by atoms with van der Waals surface area (Å²) < 4.78 is 43.2. The molecule has 1 aliphatic rings. The molecular weight excluding hydrogens is 441 g/mol. The molecule has 0 spiro atoms. The van der Waals surface area contributed by atoms with Gasteiger partial charge in [0, 0.05) is 41.6 Å². The number of carbonyl (C=O) groups excluding carboxylic acids is 1. The molecule has 2 N–H and O–H groups in total. The van der Waals surface area contributed by atoms with Crippen LogP contribution in [-0.2, 0) is 11.3 Å². The Morgan fingerprint density at radius 3 is 2.35 bits per heavy atom. The molecule has 4 aromatic rings. The fourth-order valence-corrected chi connectivity index (χ4v) is 4.64. The third-order valence-corrected chi connectivity index (χ3v) is 6.44. The van der Waals surface area contributed by atoms with Crippen LogP contribution in [0.4, 0.5) is 18.9 Å². The van der Waals surface area contributed by atoms with Gasteiger partial charge < -0.3 is 10.6 Å². The lowest BCUT2D eigenvalue weighted by Gasteiger charge is -2.32. The number of carbonyl (C=O) groups is 1.